The molecular formula is C23H23N5O4. The van der Waals surface area contributed by atoms with Crippen LogP contribution in [0.3, 0.4) is 0 Å². The first-order valence-corrected chi connectivity index (χ1v) is 10.6. The molecule has 5 atom stereocenters. The van der Waals surface area contributed by atoms with Crippen LogP contribution in [-0.4, -0.2) is 53.6 Å². The number of pyridine rings is 1. The standard InChI is InChI=1S/C23H23N5O4/c1-12-15-7-9-28(21(15)26-11-25-12)22-19(29)23(30)8-6-17(20(23)32-22)31-14-4-2-13-3-5-18(24)27-16(13)10-14/h2-5,7,9-11,17,19-20,22,29-30H,6,8H2,1H3,(H2,24,27)/t17-,19-,20+,22+,23-/m0/s1. The fraction of sp³-hybridized carbons (Fsp3) is 0.348. The van der Waals surface area contributed by atoms with Crippen LogP contribution in [0.15, 0.2) is 48.9 Å². The van der Waals surface area contributed by atoms with E-state index in [1.54, 1.807) is 16.8 Å². The molecular weight excluding hydrogens is 410 g/mol. The summed E-state index contributed by atoms with van der Waals surface area (Å²) in [5, 5.41) is 24.2. The van der Waals surface area contributed by atoms with Gasteiger partial charge in [-0.25, -0.2) is 15.0 Å². The number of aliphatic hydroxyl groups excluding tert-OH is 1. The zero-order valence-corrected chi connectivity index (χ0v) is 17.4. The molecule has 0 unspecified atom stereocenters. The third-order valence-corrected chi connectivity index (χ3v) is 6.68. The van der Waals surface area contributed by atoms with Gasteiger partial charge in [-0.05, 0) is 50.1 Å². The highest BCUT2D eigenvalue weighted by Crippen LogP contribution is 2.48. The molecule has 0 bridgehead atoms. The quantitative estimate of drug-likeness (QED) is 0.448. The molecule has 9 nitrogen and oxygen atoms in total. The van der Waals surface area contributed by atoms with Crippen LogP contribution in [0.1, 0.15) is 24.8 Å². The highest BCUT2D eigenvalue weighted by atomic mass is 16.6. The van der Waals surface area contributed by atoms with Crippen LogP contribution in [0.4, 0.5) is 5.82 Å². The molecule has 3 aromatic heterocycles. The minimum absolute atomic E-state index is 0.367. The predicted molar refractivity (Wildman–Crippen MR) is 117 cm³/mol. The maximum absolute atomic E-state index is 11.3. The molecule has 4 heterocycles. The first kappa shape index (κ1) is 19.4. The van der Waals surface area contributed by atoms with Crippen molar-refractivity contribution < 1.29 is 19.7 Å². The average molecular weight is 433 g/mol. The third kappa shape index (κ3) is 2.78. The Morgan fingerprint density at radius 1 is 1.22 bits per heavy atom. The van der Waals surface area contributed by atoms with E-state index in [1.807, 2.05) is 37.3 Å². The summed E-state index contributed by atoms with van der Waals surface area (Å²) in [6.45, 7) is 1.90. The molecule has 0 spiro atoms. The molecule has 0 radical (unpaired) electrons. The second kappa shape index (κ2) is 6.86. The number of nitrogen functional groups attached to an aromatic ring is 1. The Morgan fingerprint density at radius 3 is 2.94 bits per heavy atom. The van der Waals surface area contributed by atoms with Gasteiger partial charge in [0, 0.05) is 23.0 Å². The number of aliphatic hydroxyl groups is 2. The van der Waals surface area contributed by atoms with E-state index in [-0.39, 0.29) is 0 Å². The van der Waals surface area contributed by atoms with Crippen LogP contribution in [0.25, 0.3) is 21.9 Å². The molecule has 1 aliphatic heterocycles. The number of fused-ring (bicyclic) bond motifs is 3. The molecule has 1 saturated carbocycles. The molecule has 4 aromatic rings. The van der Waals surface area contributed by atoms with Crippen molar-refractivity contribution >= 4 is 27.8 Å². The SMILES string of the molecule is Cc1ncnc2c1ccn2[C@@H]1O[C@@H]2[C@@H](Oc3ccc4ccc(N)nc4c3)CC[C@]2(O)[C@H]1O. The molecule has 6 rings (SSSR count). The molecule has 0 amide bonds. The Labute approximate surface area is 183 Å². The third-order valence-electron chi connectivity index (χ3n) is 6.68. The number of benzene rings is 1. The summed E-state index contributed by atoms with van der Waals surface area (Å²) in [6, 6.07) is 11.2. The maximum atomic E-state index is 11.3. The number of nitrogens with zero attached hydrogens (tertiary/aromatic N) is 4. The van der Waals surface area contributed by atoms with Gasteiger partial charge < -0.3 is 30.0 Å². The van der Waals surface area contributed by atoms with Gasteiger partial charge in [0.15, 0.2) is 6.23 Å². The van der Waals surface area contributed by atoms with Crippen LogP contribution in [0.2, 0.25) is 0 Å². The monoisotopic (exact) mass is 433 g/mol. The minimum atomic E-state index is -1.41. The number of ether oxygens (including phenoxy) is 2. The summed E-state index contributed by atoms with van der Waals surface area (Å²) in [7, 11) is 0. The second-order valence-electron chi connectivity index (χ2n) is 8.59. The first-order valence-electron chi connectivity index (χ1n) is 10.6. The Morgan fingerprint density at radius 2 is 2.06 bits per heavy atom. The molecule has 1 aliphatic carbocycles. The molecule has 1 aromatic carbocycles. The highest BCUT2D eigenvalue weighted by Gasteiger charge is 2.62. The molecule has 4 N–H and O–H groups in total. The number of aromatic nitrogens is 4. The van der Waals surface area contributed by atoms with Crippen LogP contribution >= 0.6 is 0 Å². The number of anilines is 1. The van der Waals surface area contributed by atoms with Gasteiger partial charge in [0.05, 0.1) is 11.2 Å². The predicted octanol–water partition coefficient (Wildman–Crippen LogP) is 2.10. The first-order chi connectivity index (χ1) is 15.4. The fourth-order valence-corrected chi connectivity index (χ4v) is 4.98. The van der Waals surface area contributed by atoms with Crippen molar-refractivity contribution in [1.29, 1.82) is 0 Å². The van der Waals surface area contributed by atoms with E-state index in [0.717, 1.165) is 22.0 Å². The molecule has 9 heteroatoms. The maximum Gasteiger partial charge on any atom is 0.164 e. The van der Waals surface area contributed by atoms with E-state index in [9.17, 15) is 10.2 Å². The van der Waals surface area contributed by atoms with E-state index >= 15 is 0 Å². The van der Waals surface area contributed by atoms with Crippen LogP contribution in [0.5, 0.6) is 5.75 Å². The Bertz CT molecular complexity index is 1340. The lowest BCUT2D eigenvalue weighted by molar-refractivity contribution is -0.0791. The summed E-state index contributed by atoms with van der Waals surface area (Å²) >= 11 is 0. The van der Waals surface area contributed by atoms with Gasteiger partial charge in [0.1, 0.15) is 47.5 Å². The number of nitrogens with two attached hydrogens (primary N) is 1. The number of aryl methyl sites for hydroxylation is 1. The number of hydrogen-bond acceptors (Lipinski definition) is 8. The van der Waals surface area contributed by atoms with Crippen molar-refractivity contribution in [2.75, 3.05) is 5.73 Å². The van der Waals surface area contributed by atoms with E-state index in [1.165, 1.54) is 6.33 Å². The molecule has 2 fully saturated rings. The molecule has 164 valence electrons. The summed E-state index contributed by atoms with van der Waals surface area (Å²) in [5.41, 5.74) is 6.62. The molecule has 1 saturated heterocycles. The lowest BCUT2D eigenvalue weighted by atomic mass is 9.94. The van der Waals surface area contributed by atoms with Crippen molar-refractivity contribution in [3.05, 3.63) is 54.6 Å². The summed E-state index contributed by atoms with van der Waals surface area (Å²) in [5.74, 6) is 1.05. The lowest BCUT2D eigenvalue weighted by Crippen LogP contribution is -2.47. The van der Waals surface area contributed by atoms with Crippen LogP contribution in [-0.2, 0) is 4.74 Å². The van der Waals surface area contributed by atoms with Crippen molar-refractivity contribution in [2.45, 2.75) is 49.9 Å². The summed E-state index contributed by atoms with van der Waals surface area (Å²) < 4.78 is 14.2. The Kier molecular flexibility index (Phi) is 4.16. The fourth-order valence-electron chi connectivity index (χ4n) is 4.98. The van der Waals surface area contributed by atoms with Crippen LogP contribution in [0, 0.1) is 6.92 Å². The zero-order chi connectivity index (χ0) is 22.0. The zero-order valence-electron chi connectivity index (χ0n) is 17.4. The summed E-state index contributed by atoms with van der Waals surface area (Å²) in [4.78, 5) is 12.9. The van der Waals surface area contributed by atoms with Gasteiger partial charge in [0.25, 0.3) is 0 Å². The number of hydrogen-bond donors (Lipinski definition) is 3. The van der Waals surface area contributed by atoms with Crippen molar-refractivity contribution in [1.82, 2.24) is 19.5 Å². The van der Waals surface area contributed by atoms with E-state index in [4.69, 9.17) is 15.2 Å². The van der Waals surface area contributed by atoms with Crippen LogP contribution < -0.4 is 10.5 Å². The van der Waals surface area contributed by atoms with Crippen molar-refractivity contribution in [3.8, 4) is 5.75 Å². The summed E-state index contributed by atoms with van der Waals surface area (Å²) in [6.07, 6.45) is 1.21. The smallest absolute Gasteiger partial charge is 0.164 e. The highest BCUT2D eigenvalue weighted by molar-refractivity contribution is 5.81. The molecule has 2 aliphatic rings. The van der Waals surface area contributed by atoms with Gasteiger partial charge in [-0.3, -0.25) is 0 Å². The van der Waals surface area contributed by atoms with Gasteiger partial charge in [0.2, 0.25) is 0 Å². The number of rotatable bonds is 3. The van der Waals surface area contributed by atoms with E-state index < -0.39 is 30.1 Å². The van der Waals surface area contributed by atoms with E-state index in [0.29, 0.717) is 30.1 Å². The minimum Gasteiger partial charge on any atom is -0.488 e. The van der Waals surface area contributed by atoms with Gasteiger partial charge >= 0.3 is 0 Å². The second-order valence-corrected chi connectivity index (χ2v) is 8.59. The normalized spacial score (nSPS) is 29.6. The van der Waals surface area contributed by atoms with E-state index in [2.05, 4.69) is 15.0 Å². The Hall–Kier alpha value is -3.27. The van der Waals surface area contributed by atoms with Gasteiger partial charge in [-0.1, -0.05) is 0 Å². The lowest BCUT2D eigenvalue weighted by Gasteiger charge is -2.26. The van der Waals surface area contributed by atoms with Crippen molar-refractivity contribution in [3.63, 3.8) is 0 Å². The molecule has 32 heavy (non-hydrogen) atoms. The topological polar surface area (TPSA) is 129 Å². The largest absolute Gasteiger partial charge is 0.488 e. The van der Waals surface area contributed by atoms with Gasteiger partial charge in [-0.15, -0.1) is 0 Å². The van der Waals surface area contributed by atoms with Gasteiger partial charge in [-0.2, -0.15) is 0 Å². The Balaban J connectivity index is 1.30. The average Bonchev–Trinajstić information content (AvgIpc) is 3.41. The van der Waals surface area contributed by atoms with Crippen molar-refractivity contribution in [2.24, 2.45) is 0 Å².